The van der Waals surface area contributed by atoms with Crippen LogP contribution >= 0.6 is 23.7 Å². The van der Waals surface area contributed by atoms with Crippen LogP contribution < -0.4 is 10.6 Å². The molecule has 1 amide bonds. The van der Waals surface area contributed by atoms with E-state index in [0.717, 1.165) is 30.0 Å². The number of thiophene rings is 1. The Morgan fingerprint density at radius 2 is 1.91 bits per heavy atom. The molecule has 3 heterocycles. The zero-order valence-electron chi connectivity index (χ0n) is 13.1. The van der Waals surface area contributed by atoms with Crippen molar-refractivity contribution in [1.82, 2.24) is 14.9 Å². The van der Waals surface area contributed by atoms with Gasteiger partial charge in [0.1, 0.15) is 9.77 Å². The Bertz CT molecular complexity index is 663. The highest BCUT2D eigenvalue weighted by atomic mass is 35.5. The summed E-state index contributed by atoms with van der Waals surface area (Å²) in [5.74, 6) is -0.276. The summed E-state index contributed by atoms with van der Waals surface area (Å²) in [6.07, 6.45) is 4.17. The van der Waals surface area contributed by atoms with Crippen LogP contribution in [0.1, 0.15) is 35.4 Å². The molecule has 0 aromatic carbocycles. The van der Waals surface area contributed by atoms with Crippen molar-refractivity contribution in [2.45, 2.75) is 48.7 Å². The van der Waals surface area contributed by atoms with E-state index in [1.165, 1.54) is 31.5 Å². The van der Waals surface area contributed by atoms with Gasteiger partial charge in [-0.1, -0.05) is 0 Å². The summed E-state index contributed by atoms with van der Waals surface area (Å²) < 4.78 is 25.7. The molecule has 0 spiro atoms. The fraction of sp³-hybridized carbons (Fsp3) is 0.643. The molecule has 9 heteroatoms. The summed E-state index contributed by atoms with van der Waals surface area (Å²) in [6.45, 7) is 0. The molecular formula is C14H22ClN3O3S2. The molecule has 6 nitrogen and oxygen atoms in total. The Kier molecular flexibility index (Phi) is 5.73. The quantitative estimate of drug-likeness (QED) is 0.829. The van der Waals surface area contributed by atoms with Crippen molar-refractivity contribution in [2.75, 3.05) is 14.1 Å². The van der Waals surface area contributed by atoms with Crippen molar-refractivity contribution in [3.63, 3.8) is 0 Å². The Morgan fingerprint density at radius 1 is 1.30 bits per heavy atom. The maximum absolute atomic E-state index is 12.5. The topological polar surface area (TPSA) is 78.5 Å². The van der Waals surface area contributed by atoms with E-state index in [-0.39, 0.29) is 34.1 Å². The number of carbonyl (C=O) groups is 1. The summed E-state index contributed by atoms with van der Waals surface area (Å²) in [5, 5.41) is 8.20. The van der Waals surface area contributed by atoms with Gasteiger partial charge >= 0.3 is 0 Å². The first-order chi connectivity index (χ1) is 10.4. The van der Waals surface area contributed by atoms with Crippen molar-refractivity contribution in [1.29, 1.82) is 0 Å². The third kappa shape index (κ3) is 3.71. The van der Waals surface area contributed by atoms with E-state index in [0.29, 0.717) is 12.1 Å². The predicted molar refractivity (Wildman–Crippen MR) is 92.9 cm³/mol. The van der Waals surface area contributed by atoms with E-state index >= 15 is 0 Å². The minimum Gasteiger partial charge on any atom is -0.348 e. The van der Waals surface area contributed by atoms with Gasteiger partial charge in [-0.3, -0.25) is 4.79 Å². The normalized spacial score (nSPS) is 26.8. The molecule has 2 unspecified atom stereocenters. The number of rotatable bonds is 4. The SMILES string of the molecule is CN(C)S(=O)(=O)c1ccsc1C(=O)NC1CC2CCC(C1)N2.Cl. The van der Waals surface area contributed by atoms with E-state index in [4.69, 9.17) is 0 Å². The highest BCUT2D eigenvalue weighted by molar-refractivity contribution is 7.89. The number of carbonyl (C=O) groups excluding carboxylic acids is 1. The number of nitrogens with one attached hydrogen (secondary N) is 2. The molecule has 2 N–H and O–H groups in total. The first kappa shape index (κ1) is 18.7. The average Bonchev–Trinajstić information content (AvgIpc) is 3.06. The summed E-state index contributed by atoms with van der Waals surface area (Å²) in [5.41, 5.74) is 0. The average molecular weight is 380 g/mol. The molecule has 2 bridgehead atoms. The van der Waals surface area contributed by atoms with Gasteiger partial charge in [-0.15, -0.1) is 23.7 Å². The lowest BCUT2D eigenvalue weighted by atomic mass is 10.00. The summed E-state index contributed by atoms with van der Waals surface area (Å²) in [4.78, 5) is 12.9. The molecule has 2 fully saturated rings. The van der Waals surface area contributed by atoms with Gasteiger partial charge in [0, 0.05) is 32.2 Å². The van der Waals surface area contributed by atoms with Crippen LogP contribution in [-0.4, -0.2) is 50.9 Å². The molecule has 2 atom stereocenters. The Hall–Kier alpha value is -0.670. The lowest BCUT2D eigenvalue weighted by Gasteiger charge is -2.29. The van der Waals surface area contributed by atoms with Gasteiger partial charge in [-0.05, 0) is 37.1 Å². The van der Waals surface area contributed by atoms with Crippen LogP contribution in [0, 0.1) is 0 Å². The van der Waals surface area contributed by atoms with Gasteiger partial charge in [-0.2, -0.15) is 0 Å². The molecule has 23 heavy (non-hydrogen) atoms. The molecule has 0 radical (unpaired) electrons. The van der Waals surface area contributed by atoms with Crippen LogP contribution in [-0.2, 0) is 10.0 Å². The van der Waals surface area contributed by atoms with Crippen molar-refractivity contribution >= 4 is 39.7 Å². The van der Waals surface area contributed by atoms with Gasteiger partial charge in [-0.25, -0.2) is 12.7 Å². The predicted octanol–water partition coefficient (Wildman–Crippen LogP) is 1.43. The fourth-order valence-electron chi connectivity index (χ4n) is 3.29. The van der Waals surface area contributed by atoms with Crippen LogP contribution in [0.2, 0.25) is 0 Å². The highest BCUT2D eigenvalue weighted by Gasteiger charge is 2.35. The maximum atomic E-state index is 12.5. The number of amides is 1. The number of nitrogens with zero attached hydrogens (tertiary/aromatic N) is 1. The number of halogens is 1. The molecule has 2 aliphatic heterocycles. The Morgan fingerprint density at radius 3 is 2.48 bits per heavy atom. The van der Waals surface area contributed by atoms with Crippen molar-refractivity contribution < 1.29 is 13.2 Å². The van der Waals surface area contributed by atoms with Crippen LogP contribution in [0.4, 0.5) is 0 Å². The number of hydrogen-bond acceptors (Lipinski definition) is 5. The van der Waals surface area contributed by atoms with E-state index in [1.54, 1.807) is 5.38 Å². The second kappa shape index (κ2) is 7.06. The first-order valence-corrected chi connectivity index (χ1v) is 9.77. The molecule has 3 rings (SSSR count). The van der Waals surface area contributed by atoms with Crippen molar-refractivity contribution in [3.05, 3.63) is 16.3 Å². The number of piperidine rings is 1. The van der Waals surface area contributed by atoms with Gasteiger partial charge in [0.15, 0.2) is 0 Å². The monoisotopic (exact) mass is 379 g/mol. The highest BCUT2D eigenvalue weighted by Crippen LogP contribution is 2.28. The minimum absolute atomic E-state index is 0. The standard InChI is InChI=1S/C14H21N3O3S2.ClH/c1-17(2)22(19,20)12-5-6-21-13(12)14(18)16-11-7-9-3-4-10(8-11)15-9;/h5-6,9-11,15H,3-4,7-8H2,1-2H3,(H,16,18);1H. The zero-order chi connectivity index (χ0) is 15.9. The second-order valence-corrected chi connectivity index (χ2v) is 9.22. The molecular weight excluding hydrogens is 358 g/mol. The largest absolute Gasteiger partial charge is 0.348 e. The summed E-state index contributed by atoms with van der Waals surface area (Å²) in [7, 11) is -0.646. The van der Waals surface area contributed by atoms with Gasteiger partial charge in [0.05, 0.1) is 0 Å². The number of sulfonamides is 1. The molecule has 130 valence electrons. The van der Waals surface area contributed by atoms with Crippen LogP contribution in [0.5, 0.6) is 0 Å². The molecule has 1 aromatic heterocycles. The summed E-state index contributed by atoms with van der Waals surface area (Å²) >= 11 is 1.17. The smallest absolute Gasteiger partial charge is 0.262 e. The second-order valence-electron chi connectivity index (χ2n) is 6.18. The Balaban J connectivity index is 0.00000192. The zero-order valence-corrected chi connectivity index (χ0v) is 15.6. The lowest BCUT2D eigenvalue weighted by molar-refractivity contribution is 0.0925. The van der Waals surface area contributed by atoms with Crippen LogP contribution in [0.15, 0.2) is 16.3 Å². The molecule has 0 aliphatic carbocycles. The van der Waals surface area contributed by atoms with Crippen molar-refractivity contribution in [3.8, 4) is 0 Å². The third-order valence-electron chi connectivity index (χ3n) is 4.40. The van der Waals surface area contributed by atoms with E-state index in [9.17, 15) is 13.2 Å². The van der Waals surface area contributed by atoms with Gasteiger partial charge in [0.25, 0.3) is 5.91 Å². The fourth-order valence-corrected chi connectivity index (χ4v) is 5.49. The maximum Gasteiger partial charge on any atom is 0.262 e. The van der Waals surface area contributed by atoms with Crippen LogP contribution in [0.25, 0.3) is 0 Å². The first-order valence-electron chi connectivity index (χ1n) is 7.45. The molecule has 2 aliphatic rings. The Labute approximate surface area is 147 Å². The minimum atomic E-state index is -3.59. The molecule has 0 saturated carbocycles. The number of hydrogen-bond donors (Lipinski definition) is 2. The van der Waals surface area contributed by atoms with E-state index < -0.39 is 10.0 Å². The van der Waals surface area contributed by atoms with Crippen LogP contribution in [0.3, 0.4) is 0 Å². The molecule has 2 saturated heterocycles. The molecule has 1 aromatic rings. The summed E-state index contributed by atoms with van der Waals surface area (Å²) in [6, 6.07) is 2.60. The van der Waals surface area contributed by atoms with E-state index in [1.807, 2.05) is 0 Å². The van der Waals surface area contributed by atoms with Crippen molar-refractivity contribution in [2.24, 2.45) is 0 Å². The van der Waals surface area contributed by atoms with Gasteiger partial charge < -0.3 is 10.6 Å². The van der Waals surface area contributed by atoms with Gasteiger partial charge in [0.2, 0.25) is 10.0 Å². The third-order valence-corrected chi connectivity index (χ3v) is 7.30. The van der Waals surface area contributed by atoms with E-state index in [2.05, 4.69) is 10.6 Å². The lowest BCUT2D eigenvalue weighted by Crippen LogP contribution is -2.48. The number of fused-ring (bicyclic) bond motifs is 2.